The molecule has 4 heterocycles. The van der Waals surface area contributed by atoms with Crippen molar-refractivity contribution in [2.45, 2.75) is 12.5 Å². The van der Waals surface area contributed by atoms with E-state index in [1.54, 1.807) is 12.5 Å². The van der Waals surface area contributed by atoms with Crippen molar-refractivity contribution in [2.75, 3.05) is 6.54 Å². The average molecular weight is 265 g/mol. The normalized spacial score (nSPS) is 17.9. The minimum absolute atomic E-state index is 0.125. The van der Waals surface area contributed by atoms with Gasteiger partial charge in [0.2, 0.25) is 0 Å². The number of imidazole rings is 1. The van der Waals surface area contributed by atoms with Crippen LogP contribution in [-0.2, 0) is 6.42 Å². The molecule has 3 aromatic heterocycles. The van der Waals surface area contributed by atoms with Gasteiger partial charge >= 0.3 is 0 Å². The maximum Gasteiger partial charge on any atom is 0.0927 e. The zero-order chi connectivity index (χ0) is 13.4. The Hall–Kier alpha value is -2.40. The maximum atomic E-state index is 4.48. The van der Waals surface area contributed by atoms with Crippen LogP contribution in [0.4, 0.5) is 0 Å². The Kier molecular flexibility index (Phi) is 2.63. The number of pyridine rings is 1. The Morgan fingerprint density at radius 1 is 1.25 bits per heavy atom. The molecule has 0 bridgehead atoms. The molecule has 0 amide bonds. The van der Waals surface area contributed by atoms with E-state index in [0.29, 0.717) is 0 Å². The fraction of sp³-hybridized carbons (Fsp3) is 0.200. The summed E-state index contributed by atoms with van der Waals surface area (Å²) in [5.41, 5.74) is 4.58. The third-order valence-electron chi connectivity index (χ3n) is 3.75. The summed E-state index contributed by atoms with van der Waals surface area (Å²) in [6.45, 7) is 0.956. The molecule has 0 fully saturated rings. The first-order chi connectivity index (χ1) is 9.93. The average Bonchev–Trinajstić information content (AvgIpc) is 3.16. The monoisotopic (exact) mass is 265 g/mol. The first kappa shape index (κ1) is 11.4. The van der Waals surface area contributed by atoms with Crippen molar-refractivity contribution in [3.63, 3.8) is 0 Å². The molecule has 0 radical (unpaired) electrons. The van der Waals surface area contributed by atoms with E-state index in [0.717, 1.165) is 24.3 Å². The molecule has 1 aliphatic rings. The van der Waals surface area contributed by atoms with Gasteiger partial charge in [0, 0.05) is 36.7 Å². The largest absolute Gasteiger partial charge is 0.348 e. The first-order valence-electron chi connectivity index (χ1n) is 6.76. The number of nitrogens with one attached hydrogen (secondary N) is 2. The lowest BCUT2D eigenvalue weighted by Crippen LogP contribution is -2.32. The van der Waals surface area contributed by atoms with Crippen LogP contribution in [0.5, 0.6) is 0 Å². The van der Waals surface area contributed by atoms with E-state index in [2.05, 4.69) is 49.2 Å². The van der Waals surface area contributed by atoms with Crippen molar-refractivity contribution in [3.05, 3.63) is 66.3 Å². The molecular formula is C15H15N5. The van der Waals surface area contributed by atoms with E-state index in [1.807, 2.05) is 12.3 Å². The third-order valence-corrected chi connectivity index (χ3v) is 3.75. The molecule has 3 aromatic rings. The molecule has 4 rings (SSSR count). The number of rotatable bonds is 2. The minimum Gasteiger partial charge on any atom is -0.348 e. The SMILES string of the molecule is c1cncc(-n2cccc2[C@H]2NCCc3[nH]cnc32)c1. The number of nitrogens with zero attached hydrogens (tertiary/aromatic N) is 3. The highest BCUT2D eigenvalue weighted by atomic mass is 15.1. The molecule has 5 nitrogen and oxygen atoms in total. The highest BCUT2D eigenvalue weighted by molar-refractivity contribution is 5.37. The van der Waals surface area contributed by atoms with Crippen molar-refractivity contribution < 1.29 is 0 Å². The van der Waals surface area contributed by atoms with Gasteiger partial charge in [0.15, 0.2) is 0 Å². The van der Waals surface area contributed by atoms with Crippen LogP contribution >= 0.6 is 0 Å². The highest BCUT2D eigenvalue weighted by Crippen LogP contribution is 2.28. The summed E-state index contributed by atoms with van der Waals surface area (Å²) in [5, 5.41) is 3.55. The molecule has 0 saturated carbocycles. The van der Waals surface area contributed by atoms with Crippen molar-refractivity contribution in [3.8, 4) is 5.69 Å². The van der Waals surface area contributed by atoms with Crippen LogP contribution in [0.3, 0.4) is 0 Å². The Bertz CT molecular complexity index is 713. The molecule has 5 heteroatoms. The quantitative estimate of drug-likeness (QED) is 0.743. The Morgan fingerprint density at radius 2 is 2.25 bits per heavy atom. The van der Waals surface area contributed by atoms with Gasteiger partial charge in [-0.05, 0) is 24.3 Å². The van der Waals surface area contributed by atoms with Gasteiger partial charge in [-0.1, -0.05) is 0 Å². The zero-order valence-corrected chi connectivity index (χ0v) is 11.0. The minimum atomic E-state index is 0.125. The van der Waals surface area contributed by atoms with E-state index >= 15 is 0 Å². The van der Waals surface area contributed by atoms with Crippen molar-refractivity contribution in [1.82, 2.24) is 24.8 Å². The van der Waals surface area contributed by atoms with Crippen molar-refractivity contribution in [2.24, 2.45) is 0 Å². The number of fused-ring (bicyclic) bond motifs is 1. The predicted molar refractivity (Wildman–Crippen MR) is 75.7 cm³/mol. The number of H-pyrrole nitrogens is 1. The van der Waals surface area contributed by atoms with Crippen LogP contribution in [0.25, 0.3) is 5.69 Å². The molecule has 1 aliphatic heterocycles. The highest BCUT2D eigenvalue weighted by Gasteiger charge is 2.26. The van der Waals surface area contributed by atoms with Gasteiger partial charge < -0.3 is 14.9 Å². The lowest BCUT2D eigenvalue weighted by atomic mass is 10.0. The Morgan fingerprint density at radius 3 is 3.15 bits per heavy atom. The zero-order valence-electron chi connectivity index (χ0n) is 11.0. The predicted octanol–water partition coefficient (Wildman–Crippen LogP) is 1.83. The summed E-state index contributed by atoms with van der Waals surface area (Å²) in [4.78, 5) is 11.9. The van der Waals surface area contributed by atoms with Gasteiger partial charge in [-0.15, -0.1) is 0 Å². The van der Waals surface area contributed by atoms with E-state index in [-0.39, 0.29) is 6.04 Å². The third kappa shape index (κ3) is 1.75. The molecule has 1 atom stereocenters. The van der Waals surface area contributed by atoms with Crippen molar-refractivity contribution in [1.29, 1.82) is 0 Å². The second kappa shape index (κ2) is 4.61. The number of aromatic nitrogens is 4. The van der Waals surface area contributed by atoms with Gasteiger partial charge in [0.1, 0.15) is 0 Å². The summed E-state index contributed by atoms with van der Waals surface area (Å²) in [6, 6.07) is 8.33. The lowest BCUT2D eigenvalue weighted by Gasteiger charge is -2.24. The summed E-state index contributed by atoms with van der Waals surface area (Å²) in [5.74, 6) is 0. The van der Waals surface area contributed by atoms with Gasteiger partial charge in [-0.25, -0.2) is 4.98 Å². The number of hydrogen-bond acceptors (Lipinski definition) is 3. The molecule has 20 heavy (non-hydrogen) atoms. The van der Waals surface area contributed by atoms with E-state index in [9.17, 15) is 0 Å². The maximum absolute atomic E-state index is 4.48. The van der Waals surface area contributed by atoms with Crippen LogP contribution < -0.4 is 5.32 Å². The van der Waals surface area contributed by atoms with Crippen LogP contribution in [0.1, 0.15) is 23.1 Å². The standard InChI is InChI=1S/C15H15N5/c1-3-11(9-16-6-1)20-8-2-4-13(20)15-14-12(5-7-17-15)18-10-19-14/h1-4,6,8-10,15,17H,5,7H2,(H,18,19)/t15-/m1/s1. The van der Waals surface area contributed by atoms with Gasteiger partial charge in [-0.3, -0.25) is 4.98 Å². The van der Waals surface area contributed by atoms with Crippen molar-refractivity contribution >= 4 is 0 Å². The van der Waals surface area contributed by atoms with Crippen LogP contribution in [-0.4, -0.2) is 26.1 Å². The molecule has 2 N–H and O–H groups in total. The second-order valence-electron chi connectivity index (χ2n) is 4.92. The van der Waals surface area contributed by atoms with Gasteiger partial charge in [-0.2, -0.15) is 0 Å². The number of aromatic amines is 1. The van der Waals surface area contributed by atoms with E-state index < -0.39 is 0 Å². The second-order valence-corrected chi connectivity index (χ2v) is 4.92. The Balaban J connectivity index is 1.81. The topological polar surface area (TPSA) is 58.5 Å². The molecule has 0 spiro atoms. The first-order valence-corrected chi connectivity index (χ1v) is 6.76. The molecule has 0 unspecified atom stereocenters. The summed E-state index contributed by atoms with van der Waals surface area (Å²) < 4.78 is 2.16. The van der Waals surface area contributed by atoms with Gasteiger partial charge in [0.05, 0.1) is 29.9 Å². The van der Waals surface area contributed by atoms with Crippen LogP contribution in [0.15, 0.2) is 49.2 Å². The Labute approximate surface area is 116 Å². The molecule has 0 aliphatic carbocycles. The van der Waals surface area contributed by atoms with Crippen LogP contribution in [0.2, 0.25) is 0 Å². The van der Waals surface area contributed by atoms with Crippen LogP contribution in [0, 0.1) is 0 Å². The fourth-order valence-electron chi connectivity index (χ4n) is 2.82. The summed E-state index contributed by atoms with van der Waals surface area (Å²) in [7, 11) is 0. The summed E-state index contributed by atoms with van der Waals surface area (Å²) in [6.07, 6.45) is 8.51. The van der Waals surface area contributed by atoms with E-state index in [1.165, 1.54) is 11.4 Å². The molecule has 0 aromatic carbocycles. The smallest absolute Gasteiger partial charge is 0.0927 e. The number of hydrogen-bond donors (Lipinski definition) is 2. The summed E-state index contributed by atoms with van der Waals surface area (Å²) >= 11 is 0. The lowest BCUT2D eigenvalue weighted by molar-refractivity contribution is 0.537. The van der Waals surface area contributed by atoms with E-state index in [4.69, 9.17) is 0 Å². The molecule has 0 saturated heterocycles. The fourth-order valence-corrected chi connectivity index (χ4v) is 2.82. The molecule has 100 valence electrons. The molecular weight excluding hydrogens is 250 g/mol. The van der Waals surface area contributed by atoms with Gasteiger partial charge in [0.25, 0.3) is 0 Å².